The first kappa shape index (κ1) is 25.7. The molecule has 1 aliphatic heterocycles. The number of ether oxygens (including phenoxy) is 1. The van der Waals surface area contributed by atoms with E-state index in [1.165, 1.54) is 38.5 Å². The van der Waals surface area contributed by atoms with Crippen LogP contribution in [0, 0.1) is 5.92 Å². The van der Waals surface area contributed by atoms with Crippen LogP contribution in [0.2, 0.25) is 0 Å². The molecule has 3 fully saturated rings. The van der Waals surface area contributed by atoms with Crippen LogP contribution in [0.3, 0.4) is 0 Å². The molecule has 3 aliphatic rings. The molecule has 0 bridgehead atoms. The lowest BCUT2D eigenvalue weighted by molar-refractivity contribution is 0.0184. The zero-order valence-corrected chi connectivity index (χ0v) is 22.3. The van der Waals surface area contributed by atoms with Crippen molar-refractivity contribution in [3.05, 3.63) is 6.33 Å². The summed E-state index contributed by atoms with van der Waals surface area (Å²) < 4.78 is 8.15. The van der Waals surface area contributed by atoms with Gasteiger partial charge in [-0.1, -0.05) is 32.6 Å². The number of nitrogens with two attached hydrogens (primary N) is 1. The molecule has 1 unspecified atom stereocenters. The molecule has 2 aromatic rings. The highest BCUT2D eigenvalue weighted by Gasteiger charge is 2.28. The number of methoxy groups -OCH3 is 1. The van der Waals surface area contributed by atoms with Crippen molar-refractivity contribution in [3.8, 4) is 0 Å². The molecule has 3 heterocycles. The molecule has 9 nitrogen and oxygen atoms in total. The summed E-state index contributed by atoms with van der Waals surface area (Å²) in [4.78, 5) is 14.7. The van der Waals surface area contributed by atoms with E-state index in [0.717, 1.165) is 75.0 Å². The average Bonchev–Trinajstić information content (AvgIpc) is 3.57. The summed E-state index contributed by atoms with van der Waals surface area (Å²) in [5.41, 5.74) is 11.6. The monoisotopic (exact) mass is 498 g/mol. The topological polar surface area (TPSA) is 106 Å². The van der Waals surface area contributed by atoms with Gasteiger partial charge in [0.25, 0.3) is 0 Å². The van der Waals surface area contributed by atoms with E-state index in [1.54, 1.807) is 0 Å². The maximum absolute atomic E-state index is 6.14. The van der Waals surface area contributed by atoms with Crippen molar-refractivity contribution in [2.45, 2.75) is 115 Å². The van der Waals surface area contributed by atoms with Crippen molar-refractivity contribution >= 4 is 22.9 Å². The lowest BCUT2D eigenvalue weighted by atomic mass is 9.89. The summed E-state index contributed by atoms with van der Waals surface area (Å²) in [7, 11) is 1.87. The highest BCUT2D eigenvalue weighted by atomic mass is 16.5. The number of unbranched alkanes of at least 4 members (excludes halogenated alkanes) is 1. The minimum absolute atomic E-state index is 0.329. The fraction of sp³-hybridized carbons (Fsp3) is 0.815. The van der Waals surface area contributed by atoms with Crippen molar-refractivity contribution in [2.75, 3.05) is 30.9 Å². The lowest BCUT2D eigenvalue weighted by Gasteiger charge is -2.35. The number of hydrogen-bond donors (Lipinski definition) is 3. The minimum atomic E-state index is 0.329. The number of hydrazine groups is 1. The zero-order valence-electron chi connectivity index (χ0n) is 22.3. The molecule has 0 amide bonds. The number of aromatic nitrogens is 4. The predicted molar refractivity (Wildman–Crippen MR) is 145 cm³/mol. The first-order valence-electron chi connectivity index (χ1n) is 14.5. The quantitative estimate of drug-likeness (QED) is 0.426. The SMILES string of the molecule is CCCCC(OC)C1CCN(Nc2nc(NC3CCC(N)CC3)nc3c2ncn3C2CCCC2)CC1. The second-order valence-corrected chi connectivity index (χ2v) is 11.3. The molecule has 36 heavy (non-hydrogen) atoms. The normalized spacial score (nSPS) is 25.4. The van der Waals surface area contributed by atoms with Gasteiger partial charge in [0.2, 0.25) is 5.95 Å². The maximum Gasteiger partial charge on any atom is 0.227 e. The Morgan fingerprint density at radius 2 is 1.81 bits per heavy atom. The van der Waals surface area contributed by atoms with Gasteiger partial charge in [-0.05, 0) is 63.7 Å². The molecule has 4 N–H and O–H groups in total. The van der Waals surface area contributed by atoms with Crippen LogP contribution in [-0.4, -0.2) is 62.9 Å². The fourth-order valence-electron chi connectivity index (χ4n) is 6.44. The van der Waals surface area contributed by atoms with Crippen molar-refractivity contribution in [1.29, 1.82) is 0 Å². The molecule has 200 valence electrons. The average molecular weight is 499 g/mol. The van der Waals surface area contributed by atoms with Gasteiger partial charge in [-0.15, -0.1) is 0 Å². The molecule has 9 heteroatoms. The van der Waals surface area contributed by atoms with E-state index in [0.29, 0.717) is 36.1 Å². The fourth-order valence-corrected chi connectivity index (χ4v) is 6.44. The van der Waals surface area contributed by atoms with Gasteiger partial charge in [0, 0.05) is 38.3 Å². The molecule has 2 aliphatic carbocycles. The molecule has 1 atom stereocenters. The highest BCUT2D eigenvalue weighted by molar-refractivity contribution is 5.84. The van der Waals surface area contributed by atoms with Crippen molar-refractivity contribution in [3.63, 3.8) is 0 Å². The van der Waals surface area contributed by atoms with E-state index in [2.05, 4.69) is 27.2 Å². The Balaban J connectivity index is 1.32. The zero-order chi connectivity index (χ0) is 24.9. The minimum Gasteiger partial charge on any atom is -0.381 e. The van der Waals surface area contributed by atoms with Gasteiger partial charge < -0.3 is 25.8 Å². The second-order valence-electron chi connectivity index (χ2n) is 11.3. The molecular formula is C27H46N8O. The maximum atomic E-state index is 6.14. The van der Waals surface area contributed by atoms with Crippen LogP contribution in [0.25, 0.3) is 11.2 Å². The summed E-state index contributed by atoms with van der Waals surface area (Å²) in [5, 5.41) is 5.94. The Morgan fingerprint density at radius 3 is 2.50 bits per heavy atom. The summed E-state index contributed by atoms with van der Waals surface area (Å²) in [6, 6.07) is 1.20. The summed E-state index contributed by atoms with van der Waals surface area (Å²) in [6.07, 6.45) is 17.5. The Morgan fingerprint density at radius 1 is 1.06 bits per heavy atom. The van der Waals surface area contributed by atoms with Crippen LogP contribution in [0.1, 0.15) is 96.4 Å². The van der Waals surface area contributed by atoms with Gasteiger partial charge in [-0.25, -0.2) is 9.99 Å². The predicted octanol–water partition coefficient (Wildman–Crippen LogP) is 4.87. The Bertz CT molecular complexity index is 958. The molecule has 1 saturated heterocycles. The first-order chi connectivity index (χ1) is 17.6. The number of nitrogens with one attached hydrogen (secondary N) is 2. The standard InChI is InChI=1S/C27H46N8O/c1-3-4-9-23(36-2)19-14-16-34(17-15-19)33-25-24-26(35(18-29-24)22-7-5-6-8-22)32-27(31-25)30-21-12-10-20(28)11-13-21/h18-23H,3-17,28H2,1-2H3,(H2,30,31,32,33). The summed E-state index contributed by atoms with van der Waals surface area (Å²) in [6.45, 7) is 4.21. The van der Waals surface area contributed by atoms with Crippen molar-refractivity contribution < 1.29 is 4.74 Å². The molecule has 0 spiro atoms. The number of fused-ring (bicyclic) bond motifs is 1. The second kappa shape index (κ2) is 12.0. The molecular weight excluding hydrogens is 452 g/mol. The first-order valence-corrected chi connectivity index (χ1v) is 14.5. The molecule has 0 radical (unpaired) electrons. The van der Waals surface area contributed by atoms with Crippen molar-refractivity contribution in [1.82, 2.24) is 24.5 Å². The molecule has 5 rings (SSSR count). The van der Waals surface area contributed by atoms with Gasteiger partial charge in [-0.2, -0.15) is 9.97 Å². The summed E-state index contributed by atoms with van der Waals surface area (Å²) in [5.74, 6) is 2.15. The third-order valence-corrected chi connectivity index (χ3v) is 8.72. The van der Waals surface area contributed by atoms with E-state index in [9.17, 15) is 0 Å². The number of nitrogens with zero attached hydrogens (tertiary/aromatic N) is 5. The molecule has 2 saturated carbocycles. The van der Waals surface area contributed by atoms with Crippen LogP contribution in [-0.2, 0) is 4.74 Å². The number of hydrogen-bond acceptors (Lipinski definition) is 8. The Hall–Kier alpha value is -1.97. The third kappa shape index (κ3) is 5.94. The Labute approximate surface area is 215 Å². The lowest BCUT2D eigenvalue weighted by Crippen LogP contribution is -2.41. The van der Waals surface area contributed by atoms with E-state index in [-0.39, 0.29) is 0 Å². The van der Waals surface area contributed by atoms with E-state index in [1.807, 2.05) is 13.4 Å². The summed E-state index contributed by atoms with van der Waals surface area (Å²) >= 11 is 0. The molecule has 2 aromatic heterocycles. The van der Waals surface area contributed by atoms with Gasteiger partial charge in [0.05, 0.1) is 12.4 Å². The van der Waals surface area contributed by atoms with Crippen LogP contribution < -0.4 is 16.5 Å². The van der Waals surface area contributed by atoms with Crippen LogP contribution >= 0.6 is 0 Å². The van der Waals surface area contributed by atoms with Crippen LogP contribution in [0.5, 0.6) is 0 Å². The van der Waals surface area contributed by atoms with Gasteiger partial charge in [-0.3, -0.25) is 0 Å². The van der Waals surface area contributed by atoms with E-state index in [4.69, 9.17) is 25.4 Å². The van der Waals surface area contributed by atoms with Gasteiger partial charge >= 0.3 is 0 Å². The highest BCUT2D eigenvalue weighted by Crippen LogP contribution is 2.34. The van der Waals surface area contributed by atoms with Gasteiger partial charge in [0.15, 0.2) is 17.0 Å². The number of imidazole rings is 1. The number of rotatable bonds is 10. The number of piperidine rings is 1. The van der Waals surface area contributed by atoms with Crippen LogP contribution in [0.15, 0.2) is 6.33 Å². The van der Waals surface area contributed by atoms with Crippen molar-refractivity contribution in [2.24, 2.45) is 11.7 Å². The third-order valence-electron chi connectivity index (χ3n) is 8.72. The number of anilines is 2. The van der Waals surface area contributed by atoms with Crippen LogP contribution in [0.4, 0.5) is 11.8 Å². The smallest absolute Gasteiger partial charge is 0.227 e. The van der Waals surface area contributed by atoms with E-state index < -0.39 is 0 Å². The molecule has 0 aromatic carbocycles. The van der Waals surface area contributed by atoms with Gasteiger partial charge in [0.1, 0.15) is 0 Å². The Kier molecular flexibility index (Phi) is 8.59. The van der Waals surface area contributed by atoms with E-state index >= 15 is 0 Å². The largest absolute Gasteiger partial charge is 0.381 e.